The van der Waals surface area contributed by atoms with E-state index in [-0.39, 0.29) is 30.2 Å². The number of benzene rings is 1. The number of ether oxygens (including phenoxy) is 2. The van der Waals surface area contributed by atoms with Crippen molar-refractivity contribution in [2.75, 3.05) is 31.2 Å². The summed E-state index contributed by atoms with van der Waals surface area (Å²) in [7, 11) is 0. The van der Waals surface area contributed by atoms with Crippen molar-refractivity contribution < 1.29 is 19.5 Å². The Balaban J connectivity index is 1.70. The van der Waals surface area contributed by atoms with Gasteiger partial charge in [-0.05, 0) is 49.9 Å². The molecule has 0 amide bonds. The third-order valence-corrected chi connectivity index (χ3v) is 5.03. The zero-order valence-corrected chi connectivity index (χ0v) is 17.2. The van der Waals surface area contributed by atoms with E-state index < -0.39 is 0 Å². The summed E-state index contributed by atoms with van der Waals surface area (Å²) >= 11 is 0. The Morgan fingerprint density at radius 3 is 2.73 bits per heavy atom. The summed E-state index contributed by atoms with van der Waals surface area (Å²) in [6.45, 7) is 5.31. The van der Waals surface area contributed by atoms with Gasteiger partial charge in [-0.15, -0.1) is 0 Å². The predicted molar refractivity (Wildman–Crippen MR) is 112 cm³/mol. The molecule has 2 atom stereocenters. The SMILES string of the molecule is CCOC(=O)[C@H]1CN(c2nccc(C)n2)C[C@H]1Cc1ccc(OC/C(N)=N/O)cc1. The number of esters is 1. The topological polar surface area (TPSA) is 123 Å². The molecule has 2 aromatic rings. The van der Waals surface area contributed by atoms with Gasteiger partial charge in [-0.2, -0.15) is 0 Å². The minimum Gasteiger partial charge on any atom is -0.486 e. The second kappa shape index (κ2) is 9.91. The number of amidine groups is 1. The van der Waals surface area contributed by atoms with Crippen LogP contribution in [0.2, 0.25) is 0 Å². The van der Waals surface area contributed by atoms with Crippen molar-refractivity contribution in [2.24, 2.45) is 22.7 Å². The van der Waals surface area contributed by atoms with Gasteiger partial charge in [-0.25, -0.2) is 9.97 Å². The largest absolute Gasteiger partial charge is 0.486 e. The van der Waals surface area contributed by atoms with Crippen molar-refractivity contribution in [3.8, 4) is 5.75 Å². The first-order valence-electron chi connectivity index (χ1n) is 9.89. The number of rotatable bonds is 8. The monoisotopic (exact) mass is 413 g/mol. The smallest absolute Gasteiger partial charge is 0.311 e. The van der Waals surface area contributed by atoms with Crippen LogP contribution >= 0.6 is 0 Å². The maximum absolute atomic E-state index is 12.6. The highest BCUT2D eigenvalue weighted by molar-refractivity contribution is 5.81. The molecule has 0 aliphatic carbocycles. The molecule has 9 heteroatoms. The first-order chi connectivity index (χ1) is 14.5. The average Bonchev–Trinajstić information content (AvgIpc) is 3.17. The second-order valence-corrected chi connectivity index (χ2v) is 7.25. The zero-order chi connectivity index (χ0) is 21.5. The number of anilines is 1. The second-order valence-electron chi connectivity index (χ2n) is 7.25. The summed E-state index contributed by atoms with van der Waals surface area (Å²) in [6.07, 6.45) is 2.45. The summed E-state index contributed by atoms with van der Waals surface area (Å²) in [5.41, 5.74) is 7.38. The van der Waals surface area contributed by atoms with E-state index >= 15 is 0 Å². The fourth-order valence-electron chi connectivity index (χ4n) is 3.56. The van der Waals surface area contributed by atoms with Crippen molar-refractivity contribution in [2.45, 2.75) is 20.3 Å². The van der Waals surface area contributed by atoms with E-state index in [2.05, 4.69) is 15.1 Å². The molecule has 1 aromatic carbocycles. The van der Waals surface area contributed by atoms with Crippen LogP contribution in [0.5, 0.6) is 5.75 Å². The summed E-state index contributed by atoms with van der Waals surface area (Å²) in [5.74, 6) is 0.909. The molecule has 1 saturated heterocycles. The van der Waals surface area contributed by atoms with Gasteiger partial charge in [0.15, 0.2) is 5.84 Å². The number of nitrogens with two attached hydrogens (primary N) is 1. The fourth-order valence-corrected chi connectivity index (χ4v) is 3.56. The number of nitrogens with zero attached hydrogens (tertiary/aromatic N) is 4. The highest BCUT2D eigenvalue weighted by Crippen LogP contribution is 2.30. The minimum atomic E-state index is -0.245. The van der Waals surface area contributed by atoms with E-state index in [9.17, 15) is 4.79 Å². The molecule has 160 valence electrons. The van der Waals surface area contributed by atoms with Crippen LogP contribution in [0.1, 0.15) is 18.2 Å². The molecule has 9 nitrogen and oxygen atoms in total. The molecule has 1 aliphatic heterocycles. The third-order valence-electron chi connectivity index (χ3n) is 5.03. The van der Waals surface area contributed by atoms with Crippen molar-refractivity contribution in [1.29, 1.82) is 0 Å². The predicted octanol–water partition coefficient (Wildman–Crippen LogP) is 1.77. The lowest BCUT2D eigenvalue weighted by Crippen LogP contribution is -2.27. The third kappa shape index (κ3) is 5.37. The molecule has 0 spiro atoms. The zero-order valence-electron chi connectivity index (χ0n) is 17.2. The van der Waals surface area contributed by atoms with Crippen molar-refractivity contribution in [3.05, 3.63) is 47.8 Å². The van der Waals surface area contributed by atoms with Crippen LogP contribution < -0.4 is 15.4 Å². The summed E-state index contributed by atoms with van der Waals surface area (Å²) in [4.78, 5) is 23.5. The van der Waals surface area contributed by atoms with E-state index in [0.717, 1.165) is 11.3 Å². The number of aryl methyl sites for hydroxylation is 1. The Morgan fingerprint density at radius 2 is 2.07 bits per heavy atom. The molecule has 2 heterocycles. The van der Waals surface area contributed by atoms with Gasteiger partial charge in [0.25, 0.3) is 0 Å². The lowest BCUT2D eigenvalue weighted by molar-refractivity contribution is -0.148. The molecular formula is C21H27N5O4. The molecule has 30 heavy (non-hydrogen) atoms. The van der Waals surface area contributed by atoms with Gasteiger partial charge in [0, 0.05) is 25.0 Å². The number of carbonyl (C=O) groups excluding carboxylic acids is 1. The average molecular weight is 413 g/mol. The minimum absolute atomic E-state index is 0.000713. The number of oxime groups is 1. The van der Waals surface area contributed by atoms with Crippen LogP contribution in [-0.2, 0) is 16.0 Å². The van der Waals surface area contributed by atoms with Crippen LogP contribution in [0.4, 0.5) is 5.95 Å². The van der Waals surface area contributed by atoms with Crippen LogP contribution in [0.3, 0.4) is 0 Å². The normalized spacial score (nSPS) is 19.0. The first kappa shape index (κ1) is 21.4. The Kier molecular flexibility index (Phi) is 7.05. The summed E-state index contributed by atoms with van der Waals surface area (Å²) in [5, 5.41) is 11.5. The fraction of sp³-hybridized carbons (Fsp3) is 0.429. The molecule has 0 unspecified atom stereocenters. The molecule has 3 rings (SSSR count). The first-order valence-corrected chi connectivity index (χ1v) is 9.89. The molecule has 3 N–H and O–H groups in total. The van der Waals surface area contributed by atoms with Crippen molar-refractivity contribution in [1.82, 2.24) is 9.97 Å². The molecule has 0 saturated carbocycles. The Hall–Kier alpha value is -3.36. The Labute approximate surface area is 175 Å². The van der Waals surface area contributed by atoms with Crippen LogP contribution in [0.15, 0.2) is 41.7 Å². The summed E-state index contributed by atoms with van der Waals surface area (Å²) in [6, 6.07) is 9.42. The van der Waals surface area contributed by atoms with Gasteiger partial charge in [0.05, 0.1) is 12.5 Å². The number of aromatic nitrogens is 2. The summed E-state index contributed by atoms with van der Waals surface area (Å²) < 4.78 is 10.8. The van der Waals surface area contributed by atoms with E-state index in [4.69, 9.17) is 20.4 Å². The molecule has 0 radical (unpaired) electrons. The molecule has 1 fully saturated rings. The number of hydrogen-bond donors (Lipinski definition) is 2. The Bertz CT molecular complexity index is 887. The van der Waals surface area contributed by atoms with Crippen LogP contribution in [-0.4, -0.2) is 53.3 Å². The highest BCUT2D eigenvalue weighted by atomic mass is 16.5. The van der Waals surface area contributed by atoms with E-state index in [1.165, 1.54) is 0 Å². The van der Waals surface area contributed by atoms with Gasteiger partial charge in [0.2, 0.25) is 5.95 Å². The number of hydrogen-bond acceptors (Lipinski definition) is 8. The lowest BCUT2D eigenvalue weighted by atomic mass is 9.90. The maximum atomic E-state index is 12.6. The molecular weight excluding hydrogens is 386 g/mol. The van der Waals surface area contributed by atoms with Gasteiger partial charge in [-0.3, -0.25) is 4.79 Å². The van der Waals surface area contributed by atoms with Crippen LogP contribution in [0, 0.1) is 18.8 Å². The van der Waals surface area contributed by atoms with Gasteiger partial charge in [-0.1, -0.05) is 17.3 Å². The molecule has 0 bridgehead atoms. The van der Waals surface area contributed by atoms with Gasteiger partial charge < -0.3 is 25.3 Å². The number of carbonyl (C=O) groups is 1. The van der Waals surface area contributed by atoms with E-state index in [1.807, 2.05) is 49.1 Å². The van der Waals surface area contributed by atoms with Crippen LogP contribution in [0.25, 0.3) is 0 Å². The van der Waals surface area contributed by atoms with Crippen molar-refractivity contribution in [3.63, 3.8) is 0 Å². The molecule has 1 aliphatic rings. The van der Waals surface area contributed by atoms with Gasteiger partial charge >= 0.3 is 5.97 Å². The van der Waals surface area contributed by atoms with E-state index in [0.29, 0.717) is 37.8 Å². The Morgan fingerprint density at radius 1 is 1.30 bits per heavy atom. The highest BCUT2D eigenvalue weighted by Gasteiger charge is 2.39. The molecule has 1 aromatic heterocycles. The standard InChI is InChI=1S/C21H27N5O4/c1-3-29-20(27)18-12-26(21-23-9-8-14(2)24-21)11-16(18)10-15-4-6-17(7-5-15)30-13-19(22)25-28/h4-9,16,18,28H,3,10-13H2,1-2H3,(H2,22,25)/t16-,18+/m1/s1. The van der Waals surface area contributed by atoms with Gasteiger partial charge in [0.1, 0.15) is 12.4 Å². The quantitative estimate of drug-likeness (QED) is 0.221. The lowest BCUT2D eigenvalue weighted by Gasteiger charge is -2.17. The van der Waals surface area contributed by atoms with Crippen molar-refractivity contribution >= 4 is 17.8 Å². The maximum Gasteiger partial charge on any atom is 0.311 e. The van der Waals surface area contributed by atoms with E-state index in [1.54, 1.807) is 6.20 Å².